The molecule has 1 rings (SSSR count). The van der Waals surface area contributed by atoms with Crippen molar-refractivity contribution < 1.29 is 0 Å². The van der Waals surface area contributed by atoms with Crippen LogP contribution in [0.3, 0.4) is 0 Å². The van der Waals surface area contributed by atoms with Crippen LogP contribution in [-0.2, 0) is 19.3 Å². The molecule has 0 N–H and O–H groups in total. The fourth-order valence-corrected chi connectivity index (χ4v) is 3.54. The van der Waals surface area contributed by atoms with E-state index >= 15 is 0 Å². The average molecular weight is 331 g/mol. The Morgan fingerprint density at radius 3 is 1.12 bits per heavy atom. The van der Waals surface area contributed by atoms with E-state index in [1.165, 1.54) is 96.3 Å². The van der Waals surface area contributed by atoms with E-state index in [2.05, 4.69) is 39.0 Å². The molecule has 138 valence electrons. The first-order chi connectivity index (χ1) is 11.8. The monoisotopic (exact) mass is 330 g/mol. The lowest BCUT2D eigenvalue weighted by Crippen LogP contribution is -1.96. The van der Waals surface area contributed by atoms with Gasteiger partial charge in [0.25, 0.3) is 0 Å². The van der Waals surface area contributed by atoms with Crippen LogP contribution in [0.25, 0.3) is 0 Å². The first kappa shape index (κ1) is 21.3. The topological polar surface area (TPSA) is 0 Å². The molecular weight excluding hydrogens is 288 g/mol. The van der Waals surface area contributed by atoms with Crippen LogP contribution in [0.15, 0.2) is 18.2 Å². The number of hydrogen-bond acceptors (Lipinski definition) is 0. The maximum absolute atomic E-state index is 2.51. The van der Waals surface area contributed by atoms with Crippen molar-refractivity contribution in [2.45, 2.75) is 117 Å². The highest BCUT2D eigenvalue weighted by Gasteiger charge is 2.03. The first-order valence-corrected chi connectivity index (χ1v) is 10.9. The van der Waals surface area contributed by atoms with Crippen LogP contribution in [0.2, 0.25) is 0 Å². The predicted octanol–water partition coefficient (Wildman–Crippen LogP) is 8.06. The van der Waals surface area contributed by atoms with E-state index in [1.54, 1.807) is 16.7 Å². The Hall–Kier alpha value is -0.780. The van der Waals surface area contributed by atoms with E-state index in [1.807, 2.05) is 0 Å². The minimum absolute atomic E-state index is 1.28. The summed E-state index contributed by atoms with van der Waals surface area (Å²) < 4.78 is 0. The van der Waals surface area contributed by atoms with Gasteiger partial charge in [-0.25, -0.2) is 0 Å². The summed E-state index contributed by atoms with van der Waals surface area (Å²) in [4.78, 5) is 0. The van der Waals surface area contributed by atoms with Crippen molar-refractivity contribution in [3.63, 3.8) is 0 Å². The van der Waals surface area contributed by atoms with Gasteiger partial charge in [-0.1, -0.05) is 96.8 Å². The second-order valence-corrected chi connectivity index (χ2v) is 7.59. The second-order valence-electron chi connectivity index (χ2n) is 7.59. The molecule has 0 fully saturated rings. The van der Waals surface area contributed by atoms with Gasteiger partial charge in [-0.05, 0) is 55.2 Å². The van der Waals surface area contributed by atoms with Crippen LogP contribution in [-0.4, -0.2) is 0 Å². The van der Waals surface area contributed by atoms with E-state index in [0.29, 0.717) is 0 Å². The Morgan fingerprint density at radius 1 is 0.417 bits per heavy atom. The molecule has 0 aliphatic rings. The maximum atomic E-state index is 2.51. The molecule has 0 heterocycles. The Bertz CT molecular complexity index is 404. The molecule has 0 nitrogen and oxygen atoms in total. The molecule has 24 heavy (non-hydrogen) atoms. The summed E-state index contributed by atoms with van der Waals surface area (Å²) in [5.41, 5.74) is 4.80. The first-order valence-electron chi connectivity index (χ1n) is 10.9. The SMILES string of the molecule is CCCCCCCc1cc(CCCCC)cc(CCCCCC)c1. The standard InChI is InChI=1S/C24H42/c1-4-7-10-12-15-18-24-20-22(16-13-9-6-3)19-23(21-24)17-14-11-8-5-2/h19-21H,4-18H2,1-3H3. The van der Waals surface area contributed by atoms with E-state index in [9.17, 15) is 0 Å². The van der Waals surface area contributed by atoms with Gasteiger partial charge in [-0.15, -0.1) is 0 Å². The van der Waals surface area contributed by atoms with Gasteiger partial charge in [0.1, 0.15) is 0 Å². The Kier molecular flexibility index (Phi) is 12.9. The molecule has 0 aromatic heterocycles. The minimum atomic E-state index is 1.28. The van der Waals surface area contributed by atoms with Crippen molar-refractivity contribution in [3.05, 3.63) is 34.9 Å². The molecule has 0 spiro atoms. The smallest absolute Gasteiger partial charge is 0.0279 e. The molecule has 0 atom stereocenters. The molecule has 0 aliphatic carbocycles. The van der Waals surface area contributed by atoms with Gasteiger partial charge in [-0.3, -0.25) is 0 Å². The molecule has 1 aromatic rings. The lowest BCUT2D eigenvalue weighted by atomic mass is 9.95. The van der Waals surface area contributed by atoms with Crippen molar-refractivity contribution in [2.75, 3.05) is 0 Å². The van der Waals surface area contributed by atoms with Crippen LogP contribution in [0.4, 0.5) is 0 Å². The van der Waals surface area contributed by atoms with Gasteiger partial charge in [0.2, 0.25) is 0 Å². The lowest BCUT2D eigenvalue weighted by Gasteiger charge is -2.10. The predicted molar refractivity (Wildman–Crippen MR) is 110 cm³/mol. The highest BCUT2D eigenvalue weighted by Crippen LogP contribution is 2.18. The quantitative estimate of drug-likeness (QED) is 0.285. The Labute approximate surface area is 152 Å². The Morgan fingerprint density at radius 2 is 0.708 bits per heavy atom. The number of aryl methyl sites for hydroxylation is 3. The summed E-state index contributed by atoms with van der Waals surface area (Å²) in [6.45, 7) is 6.89. The highest BCUT2D eigenvalue weighted by atomic mass is 14.1. The van der Waals surface area contributed by atoms with E-state index in [-0.39, 0.29) is 0 Å². The summed E-state index contributed by atoms with van der Waals surface area (Å²) in [5.74, 6) is 0. The number of hydrogen-bond donors (Lipinski definition) is 0. The van der Waals surface area contributed by atoms with Gasteiger partial charge >= 0.3 is 0 Å². The van der Waals surface area contributed by atoms with E-state index in [4.69, 9.17) is 0 Å². The summed E-state index contributed by atoms with van der Waals surface area (Å²) in [5, 5.41) is 0. The van der Waals surface area contributed by atoms with Crippen LogP contribution in [0.1, 0.15) is 115 Å². The largest absolute Gasteiger partial charge is 0.0654 e. The zero-order chi connectivity index (χ0) is 17.5. The van der Waals surface area contributed by atoms with E-state index in [0.717, 1.165) is 0 Å². The van der Waals surface area contributed by atoms with Crippen LogP contribution in [0, 0.1) is 0 Å². The molecule has 1 aromatic carbocycles. The molecule has 0 unspecified atom stereocenters. The lowest BCUT2D eigenvalue weighted by molar-refractivity contribution is 0.631. The molecule has 0 radical (unpaired) electrons. The third kappa shape index (κ3) is 10.2. The van der Waals surface area contributed by atoms with E-state index < -0.39 is 0 Å². The summed E-state index contributed by atoms with van der Waals surface area (Å²) in [7, 11) is 0. The third-order valence-electron chi connectivity index (χ3n) is 5.07. The van der Waals surface area contributed by atoms with Crippen LogP contribution >= 0.6 is 0 Å². The Balaban J connectivity index is 2.56. The number of rotatable bonds is 15. The summed E-state index contributed by atoms with van der Waals surface area (Å²) in [6.07, 6.45) is 20.3. The number of benzene rings is 1. The van der Waals surface area contributed by atoms with Crippen molar-refractivity contribution in [2.24, 2.45) is 0 Å². The normalized spacial score (nSPS) is 11.1. The van der Waals surface area contributed by atoms with Crippen molar-refractivity contribution in [1.82, 2.24) is 0 Å². The van der Waals surface area contributed by atoms with Gasteiger partial charge < -0.3 is 0 Å². The summed E-state index contributed by atoms with van der Waals surface area (Å²) in [6, 6.07) is 7.52. The van der Waals surface area contributed by atoms with Gasteiger partial charge in [0, 0.05) is 0 Å². The maximum Gasteiger partial charge on any atom is -0.0279 e. The average Bonchev–Trinajstić information content (AvgIpc) is 2.59. The summed E-state index contributed by atoms with van der Waals surface area (Å²) >= 11 is 0. The zero-order valence-corrected chi connectivity index (χ0v) is 16.8. The molecule has 0 aliphatic heterocycles. The molecule has 0 amide bonds. The number of unbranched alkanes of at least 4 members (excludes halogenated alkanes) is 9. The fourth-order valence-electron chi connectivity index (χ4n) is 3.54. The molecule has 0 saturated heterocycles. The van der Waals surface area contributed by atoms with Crippen molar-refractivity contribution in [1.29, 1.82) is 0 Å². The second kappa shape index (κ2) is 14.6. The van der Waals surface area contributed by atoms with Gasteiger partial charge in [-0.2, -0.15) is 0 Å². The van der Waals surface area contributed by atoms with Crippen molar-refractivity contribution in [3.8, 4) is 0 Å². The third-order valence-corrected chi connectivity index (χ3v) is 5.07. The molecule has 0 heteroatoms. The molecule has 0 bridgehead atoms. The molecule has 0 saturated carbocycles. The fraction of sp³-hybridized carbons (Fsp3) is 0.750. The molecular formula is C24H42. The zero-order valence-electron chi connectivity index (χ0n) is 16.8. The highest BCUT2D eigenvalue weighted by molar-refractivity contribution is 5.30. The van der Waals surface area contributed by atoms with Crippen LogP contribution in [0.5, 0.6) is 0 Å². The van der Waals surface area contributed by atoms with Crippen molar-refractivity contribution >= 4 is 0 Å². The van der Waals surface area contributed by atoms with Crippen LogP contribution < -0.4 is 0 Å². The van der Waals surface area contributed by atoms with Gasteiger partial charge in [0.15, 0.2) is 0 Å². The minimum Gasteiger partial charge on any atom is -0.0654 e. The van der Waals surface area contributed by atoms with Gasteiger partial charge in [0.05, 0.1) is 0 Å².